The molecule has 0 heterocycles. The predicted octanol–water partition coefficient (Wildman–Crippen LogP) is 1.71. The van der Waals surface area contributed by atoms with Crippen molar-refractivity contribution in [3.63, 3.8) is 0 Å². The third kappa shape index (κ3) is 2.57. The fourth-order valence-electron chi connectivity index (χ4n) is 1.26. The molecule has 3 nitrogen and oxygen atoms in total. The van der Waals surface area contributed by atoms with Gasteiger partial charge in [-0.2, -0.15) is 0 Å². The number of hydrogen-bond donors (Lipinski definition) is 1. The molecule has 1 aromatic rings. The van der Waals surface area contributed by atoms with E-state index in [0.717, 1.165) is 0 Å². The standard InChI is InChI=1S/C11H14O3/c1-2-14-11-6-4-3-5-9(11)10(13)7-8-12/h3-6,8,10,13H,2,7H2,1H3. The fourth-order valence-corrected chi connectivity index (χ4v) is 1.26. The Morgan fingerprint density at radius 1 is 1.50 bits per heavy atom. The normalized spacial score (nSPS) is 12.1. The molecule has 3 heteroatoms. The summed E-state index contributed by atoms with van der Waals surface area (Å²) in [5, 5.41) is 9.62. The van der Waals surface area contributed by atoms with E-state index in [2.05, 4.69) is 0 Å². The predicted molar refractivity (Wildman–Crippen MR) is 53.3 cm³/mol. The maximum Gasteiger partial charge on any atom is 0.125 e. The van der Waals surface area contributed by atoms with Gasteiger partial charge in [-0.1, -0.05) is 18.2 Å². The summed E-state index contributed by atoms with van der Waals surface area (Å²) in [6, 6.07) is 7.19. The Balaban J connectivity index is 2.87. The summed E-state index contributed by atoms with van der Waals surface area (Å²) in [4.78, 5) is 10.3. The van der Waals surface area contributed by atoms with Crippen LogP contribution in [-0.2, 0) is 4.79 Å². The molecule has 0 saturated heterocycles. The summed E-state index contributed by atoms with van der Waals surface area (Å²) in [6.07, 6.45) is 0.0348. The van der Waals surface area contributed by atoms with Gasteiger partial charge in [-0.05, 0) is 13.0 Å². The molecule has 14 heavy (non-hydrogen) atoms. The van der Waals surface area contributed by atoms with E-state index in [9.17, 15) is 9.90 Å². The quantitative estimate of drug-likeness (QED) is 0.726. The number of carbonyl (C=O) groups is 1. The van der Waals surface area contributed by atoms with Crippen LogP contribution in [-0.4, -0.2) is 18.0 Å². The highest BCUT2D eigenvalue weighted by Gasteiger charge is 2.11. The van der Waals surface area contributed by atoms with E-state index in [0.29, 0.717) is 24.2 Å². The van der Waals surface area contributed by atoms with Crippen LogP contribution in [0.5, 0.6) is 5.75 Å². The van der Waals surface area contributed by atoms with E-state index in [1.165, 1.54) is 0 Å². The third-order valence-electron chi connectivity index (χ3n) is 1.90. The second-order valence-corrected chi connectivity index (χ2v) is 2.89. The van der Waals surface area contributed by atoms with Crippen LogP contribution in [0.1, 0.15) is 25.0 Å². The van der Waals surface area contributed by atoms with Gasteiger partial charge in [-0.3, -0.25) is 0 Å². The van der Waals surface area contributed by atoms with Crippen LogP contribution in [0.15, 0.2) is 24.3 Å². The van der Waals surface area contributed by atoms with Crippen molar-refractivity contribution in [1.82, 2.24) is 0 Å². The molecule has 1 unspecified atom stereocenters. The Kier molecular flexibility index (Phi) is 4.13. The first-order valence-electron chi connectivity index (χ1n) is 4.63. The van der Waals surface area contributed by atoms with Gasteiger partial charge in [0.15, 0.2) is 0 Å². The van der Waals surface area contributed by atoms with Gasteiger partial charge in [0, 0.05) is 12.0 Å². The third-order valence-corrected chi connectivity index (χ3v) is 1.90. The van der Waals surface area contributed by atoms with Gasteiger partial charge in [0.05, 0.1) is 12.7 Å². The lowest BCUT2D eigenvalue weighted by molar-refractivity contribution is -0.109. The lowest BCUT2D eigenvalue weighted by Crippen LogP contribution is -2.02. The second kappa shape index (κ2) is 5.40. The van der Waals surface area contributed by atoms with Crippen LogP contribution in [0.25, 0.3) is 0 Å². The molecule has 0 aliphatic rings. The Hall–Kier alpha value is -1.35. The second-order valence-electron chi connectivity index (χ2n) is 2.89. The Morgan fingerprint density at radius 3 is 2.86 bits per heavy atom. The average Bonchev–Trinajstić information content (AvgIpc) is 2.19. The molecule has 0 aliphatic carbocycles. The minimum atomic E-state index is -0.768. The van der Waals surface area contributed by atoms with Gasteiger partial charge in [0.1, 0.15) is 12.0 Å². The number of hydrogen-bond acceptors (Lipinski definition) is 3. The van der Waals surface area contributed by atoms with Gasteiger partial charge >= 0.3 is 0 Å². The van der Waals surface area contributed by atoms with Crippen molar-refractivity contribution in [1.29, 1.82) is 0 Å². The van der Waals surface area contributed by atoms with E-state index in [1.807, 2.05) is 19.1 Å². The first kappa shape index (κ1) is 10.7. The van der Waals surface area contributed by atoms with E-state index < -0.39 is 6.10 Å². The van der Waals surface area contributed by atoms with E-state index >= 15 is 0 Å². The summed E-state index contributed by atoms with van der Waals surface area (Å²) in [6.45, 7) is 2.42. The summed E-state index contributed by atoms with van der Waals surface area (Å²) < 4.78 is 5.33. The number of ether oxygens (including phenoxy) is 1. The number of rotatable bonds is 5. The molecule has 0 radical (unpaired) electrons. The van der Waals surface area contributed by atoms with Crippen LogP contribution < -0.4 is 4.74 Å². The first-order valence-corrected chi connectivity index (χ1v) is 4.63. The van der Waals surface area contributed by atoms with Crippen molar-refractivity contribution in [3.05, 3.63) is 29.8 Å². The first-order chi connectivity index (χ1) is 6.79. The van der Waals surface area contributed by atoms with Crippen molar-refractivity contribution >= 4 is 6.29 Å². The molecule has 0 aliphatic heterocycles. The molecule has 1 aromatic carbocycles. The zero-order valence-electron chi connectivity index (χ0n) is 8.14. The van der Waals surface area contributed by atoms with Gasteiger partial charge < -0.3 is 14.6 Å². The minimum Gasteiger partial charge on any atom is -0.493 e. The lowest BCUT2D eigenvalue weighted by Gasteiger charge is -2.13. The van der Waals surface area contributed by atoms with Gasteiger partial charge in [0.25, 0.3) is 0 Å². The molecule has 0 fully saturated rings. The number of aliphatic hydroxyl groups is 1. The Labute approximate surface area is 83.3 Å². The van der Waals surface area contributed by atoms with Gasteiger partial charge in [-0.25, -0.2) is 0 Å². The van der Waals surface area contributed by atoms with Gasteiger partial charge in [0.2, 0.25) is 0 Å². The highest BCUT2D eigenvalue weighted by Crippen LogP contribution is 2.26. The molecule has 1 rings (SSSR count). The maximum absolute atomic E-state index is 10.3. The Morgan fingerprint density at radius 2 is 2.21 bits per heavy atom. The molecule has 1 N–H and O–H groups in total. The average molecular weight is 194 g/mol. The maximum atomic E-state index is 10.3. The van der Waals surface area contributed by atoms with Crippen molar-refractivity contribution < 1.29 is 14.6 Å². The topological polar surface area (TPSA) is 46.5 Å². The number of aliphatic hydroxyl groups excluding tert-OH is 1. The van der Waals surface area contributed by atoms with Crippen LogP contribution in [0.3, 0.4) is 0 Å². The molecular weight excluding hydrogens is 180 g/mol. The molecule has 0 saturated carbocycles. The van der Waals surface area contributed by atoms with Crippen molar-refractivity contribution in [2.24, 2.45) is 0 Å². The molecule has 0 spiro atoms. The zero-order chi connectivity index (χ0) is 10.4. The SMILES string of the molecule is CCOc1ccccc1C(O)CC=O. The van der Waals surface area contributed by atoms with Gasteiger partial charge in [-0.15, -0.1) is 0 Å². The van der Waals surface area contributed by atoms with Crippen molar-refractivity contribution in [3.8, 4) is 5.75 Å². The lowest BCUT2D eigenvalue weighted by atomic mass is 10.1. The Bertz CT molecular complexity index is 296. The smallest absolute Gasteiger partial charge is 0.125 e. The zero-order valence-corrected chi connectivity index (χ0v) is 8.14. The number of benzene rings is 1. The van der Waals surface area contributed by atoms with Crippen LogP contribution >= 0.6 is 0 Å². The molecule has 0 bridgehead atoms. The number of carbonyl (C=O) groups excluding carboxylic acids is 1. The molecule has 0 amide bonds. The van der Waals surface area contributed by atoms with Crippen LogP contribution in [0.2, 0.25) is 0 Å². The molecule has 1 atom stereocenters. The molecule has 76 valence electrons. The summed E-state index contributed by atoms with van der Waals surface area (Å²) in [5.41, 5.74) is 0.668. The molecule has 0 aromatic heterocycles. The summed E-state index contributed by atoms with van der Waals surface area (Å²) in [5.74, 6) is 0.643. The monoisotopic (exact) mass is 194 g/mol. The van der Waals surface area contributed by atoms with E-state index in [4.69, 9.17) is 4.74 Å². The summed E-state index contributed by atoms with van der Waals surface area (Å²) in [7, 11) is 0. The summed E-state index contributed by atoms with van der Waals surface area (Å²) >= 11 is 0. The number of aldehydes is 1. The largest absolute Gasteiger partial charge is 0.493 e. The highest BCUT2D eigenvalue weighted by molar-refractivity contribution is 5.52. The van der Waals surface area contributed by atoms with Crippen molar-refractivity contribution in [2.45, 2.75) is 19.4 Å². The molecular formula is C11H14O3. The van der Waals surface area contributed by atoms with Crippen molar-refractivity contribution in [2.75, 3.05) is 6.61 Å². The highest BCUT2D eigenvalue weighted by atomic mass is 16.5. The number of para-hydroxylation sites is 1. The van der Waals surface area contributed by atoms with E-state index in [1.54, 1.807) is 12.1 Å². The van der Waals surface area contributed by atoms with Crippen LogP contribution in [0.4, 0.5) is 0 Å². The fraction of sp³-hybridized carbons (Fsp3) is 0.364. The van der Waals surface area contributed by atoms with E-state index in [-0.39, 0.29) is 6.42 Å². The van der Waals surface area contributed by atoms with Crippen LogP contribution in [0, 0.1) is 0 Å². The minimum absolute atomic E-state index is 0.101.